The zero-order valence-electron chi connectivity index (χ0n) is 22.3. The van der Waals surface area contributed by atoms with Crippen molar-refractivity contribution in [2.75, 3.05) is 11.1 Å². The number of hydrogen-bond donors (Lipinski definition) is 2. The average molecular weight is 598 g/mol. The van der Waals surface area contributed by atoms with Crippen LogP contribution in [0.3, 0.4) is 0 Å². The number of amides is 1. The van der Waals surface area contributed by atoms with E-state index >= 15 is 0 Å². The lowest BCUT2D eigenvalue weighted by Gasteiger charge is -2.20. The number of nitrogens with two attached hydrogens (primary N) is 1. The number of hydrogen-bond acceptors (Lipinski definition) is 7. The van der Waals surface area contributed by atoms with Gasteiger partial charge in [-0.1, -0.05) is 37.6 Å². The van der Waals surface area contributed by atoms with Crippen molar-refractivity contribution in [1.82, 2.24) is 34.7 Å². The maximum atomic E-state index is 13.7. The van der Waals surface area contributed by atoms with E-state index < -0.39 is 36.4 Å². The molecule has 1 aliphatic heterocycles. The fraction of sp³-hybridized carbons (Fsp3) is 0.440. The van der Waals surface area contributed by atoms with Gasteiger partial charge in [-0.2, -0.15) is 27.1 Å². The minimum Gasteiger partial charge on any atom is -0.383 e. The third-order valence-electron chi connectivity index (χ3n) is 6.79. The Balaban J connectivity index is 1.56. The Bertz CT molecular complexity index is 1670. The molecule has 1 aromatic carbocycles. The van der Waals surface area contributed by atoms with E-state index in [9.17, 15) is 26.7 Å². The summed E-state index contributed by atoms with van der Waals surface area (Å²) < 4.78 is 68.3. The van der Waals surface area contributed by atoms with Gasteiger partial charge >= 0.3 is 12.1 Å². The molecule has 0 fully saturated rings. The summed E-state index contributed by atoms with van der Waals surface area (Å²) in [5, 5.41) is 15.8. The van der Waals surface area contributed by atoms with Crippen molar-refractivity contribution >= 4 is 40.0 Å². The molecule has 3 N–H and O–H groups in total. The highest BCUT2D eigenvalue weighted by atomic mass is 35.5. The number of alkyl halides is 5. The number of rotatable bonds is 6. The van der Waals surface area contributed by atoms with Crippen LogP contribution >= 0.6 is 11.6 Å². The number of benzene rings is 1. The van der Waals surface area contributed by atoms with Crippen LogP contribution in [0.2, 0.25) is 5.02 Å². The highest BCUT2D eigenvalue weighted by Crippen LogP contribution is 2.45. The maximum absolute atomic E-state index is 13.7. The summed E-state index contributed by atoms with van der Waals surface area (Å²) in [6.45, 7) is 7.48. The van der Waals surface area contributed by atoms with Crippen LogP contribution in [-0.2, 0) is 23.3 Å². The molecule has 5 rings (SSSR count). The Morgan fingerprint density at radius 2 is 1.83 bits per heavy atom. The molecule has 41 heavy (non-hydrogen) atoms. The zero-order valence-corrected chi connectivity index (χ0v) is 23.1. The van der Waals surface area contributed by atoms with Gasteiger partial charge in [0, 0.05) is 36.1 Å². The van der Waals surface area contributed by atoms with Crippen LogP contribution < -0.4 is 11.1 Å². The van der Waals surface area contributed by atoms with Crippen molar-refractivity contribution in [3.63, 3.8) is 0 Å². The molecule has 1 atom stereocenters. The van der Waals surface area contributed by atoms with Crippen molar-refractivity contribution in [3.8, 4) is 11.5 Å². The minimum atomic E-state index is -5.71. The Morgan fingerprint density at radius 1 is 1.12 bits per heavy atom. The molecule has 0 saturated heterocycles. The van der Waals surface area contributed by atoms with Crippen LogP contribution in [0.1, 0.15) is 45.4 Å². The fourth-order valence-corrected chi connectivity index (χ4v) is 4.89. The number of aromatic nitrogens is 7. The van der Waals surface area contributed by atoms with Crippen LogP contribution in [0.25, 0.3) is 22.4 Å². The number of carbonyl (C=O) groups is 1. The molecule has 4 heterocycles. The number of fused-ring (bicyclic) bond motifs is 2. The molecule has 10 nitrogen and oxygen atoms in total. The predicted molar refractivity (Wildman–Crippen MR) is 140 cm³/mol. The molecule has 16 heteroatoms. The topological polar surface area (TPSA) is 129 Å². The van der Waals surface area contributed by atoms with Gasteiger partial charge < -0.3 is 11.1 Å². The number of nitrogens with one attached hydrogen (secondary N) is 1. The highest BCUT2D eigenvalue weighted by molar-refractivity contribution is 6.31. The summed E-state index contributed by atoms with van der Waals surface area (Å²) in [5.41, 5.74) is 5.73. The van der Waals surface area contributed by atoms with Crippen LogP contribution in [0.5, 0.6) is 0 Å². The summed E-state index contributed by atoms with van der Waals surface area (Å²) in [6.07, 6.45) is -5.60. The SMILES string of the molecule is CC(C)(C)Cn1cc([C@]2(C)C(=O)Nc3nc(-c4nn(CCC(F)(F)C(F)(F)F)c5cc(Cl)ccc45)nc(N)c32)nn1. The number of halogens is 6. The number of nitrogens with zero attached hydrogens (tertiary/aromatic N) is 7. The molecule has 1 amide bonds. The second kappa shape index (κ2) is 9.33. The van der Waals surface area contributed by atoms with Gasteiger partial charge in [-0.15, -0.1) is 5.10 Å². The molecule has 0 unspecified atom stereocenters. The van der Waals surface area contributed by atoms with Crippen molar-refractivity contribution in [1.29, 1.82) is 0 Å². The van der Waals surface area contributed by atoms with Gasteiger partial charge in [0.15, 0.2) is 5.82 Å². The first-order valence-electron chi connectivity index (χ1n) is 12.4. The normalized spacial score (nSPS) is 17.8. The number of nitrogen functional groups attached to an aromatic ring is 1. The first-order chi connectivity index (χ1) is 18.9. The van der Waals surface area contributed by atoms with E-state index in [1.54, 1.807) is 17.8 Å². The number of carbonyl (C=O) groups excluding carboxylic acids is 1. The van der Waals surface area contributed by atoms with Crippen LogP contribution in [0, 0.1) is 5.41 Å². The second-order valence-corrected chi connectivity index (χ2v) is 11.7. The van der Waals surface area contributed by atoms with E-state index in [2.05, 4.69) is 30.7 Å². The summed E-state index contributed by atoms with van der Waals surface area (Å²) in [5.74, 6) is -5.45. The molecule has 0 radical (unpaired) electrons. The third-order valence-corrected chi connectivity index (χ3v) is 7.02. The lowest BCUT2D eigenvalue weighted by molar-refractivity contribution is -0.285. The Kier molecular flexibility index (Phi) is 6.51. The van der Waals surface area contributed by atoms with Crippen molar-refractivity contribution in [3.05, 3.63) is 40.7 Å². The smallest absolute Gasteiger partial charge is 0.383 e. The average Bonchev–Trinajstić information content (AvgIpc) is 3.51. The molecular weight excluding hydrogens is 573 g/mol. The van der Waals surface area contributed by atoms with Gasteiger partial charge in [-0.05, 0) is 30.5 Å². The first kappa shape index (κ1) is 28.6. The molecule has 0 saturated carbocycles. The van der Waals surface area contributed by atoms with Gasteiger partial charge in [0.1, 0.15) is 28.4 Å². The van der Waals surface area contributed by atoms with Gasteiger partial charge in [0.25, 0.3) is 0 Å². The Morgan fingerprint density at radius 3 is 2.49 bits per heavy atom. The van der Waals surface area contributed by atoms with E-state index in [1.165, 1.54) is 18.2 Å². The number of anilines is 2. The van der Waals surface area contributed by atoms with E-state index in [0.29, 0.717) is 17.6 Å². The van der Waals surface area contributed by atoms with Gasteiger partial charge in [0.2, 0.25) is 5.91 Å². The molecule has 0 bridgehead atoms. The van der Waals surface area contributed by atoms with Crippen molar-refractivity contribution in [2.45, 2.75) is 64.7 Å². The Hall–Kier alpha value is -3.88. The molecule has 4 aromatic rings. The first-order valence-corrected chi connectivity index (χ1v) is 12.8. The predicted octanol–water partition coefficient (Wildman–Crippen LogP) is 5.21. The second-order valence-electron chi connectivity index (χ2n) is 11.3. The van der Waals surface area contributed by atoms with Gasteiger partial charge in [-0.25, -0.2) is 9.97 Å². The summed E-state index contributed by atoms with van der Waals surface area (Å²) in [6, 6.07) is 4.40. The molecular formula is C25H25ClF5N9O. The summed E-state index contributed by atoms with van der Waals surface area (Å²) >= 11 is 6.07. The zero-order chi connectivity index (χ0) is 30.1. The molecule has 1 aliphatic rings. The number of aryl methyl sites for hydroxylation is 1. The molecule has 0 aliphatic carbocycles. The third kappa shape index (κ3) is 4.96. The molecule has 0 spiro atoms. The highest BCUT2D eigenvalue weighted by Gasteiger charge is 2.57. The largest absolute Gasteiger partial charge is 0.453 e. The standard InChI is InChI=1S/C25H25ClF5N9O/c1-22(2,3)11-39-10-15(36-38-39)23(4)16-18(32)33-20(34-19(16)35-21(23)41)17-13-6-5-12(26)9-14(13)40(37-17)8-7-24(27,28)25(29,30)31/h5-6,9-10H,7-8,11H2,1-4H3,(H3,32,33,34,35,41)/t23-/m0/s1. The minimum absolute atomic E-state index is 0.0560. The lowest BCUT2D eigenvalue weighted by atomic mass is 9.81. The van der Waals surface area contributed by atoms with Crippen molar-refractivity contribution < 1.29 is 26.7 Å². The van der Waals surface area contributed by atoms with E-state index in [1.807, 2.05) is 20.8 Å². The van der Waals surface area contributed by atoms with E-state index in [4.69, 9.17) is 17.3 Å². The molecule has 218 valence electrons. The monoisotopic (exact) mass is 597 g/mol. The van der Waals surface area contributed by atoms with Crippen LogP contribution in [0.4, 0.5) is 33.6 Å². The Labute approximate surface area is 235 Å². The lowest BCUT2D eigenvalue weighted by Crippen LogP contribution is -2.37. The maximum Gasteiger partial charge on any atom is 0.453 e. The van der Waals surface area contributed by atoms with E-state index in [0.717, 1.165) is 4.68 Å². The van der Waals surface area contributed by atoms with E-state index in [-0.39, 0.29) is 44.7 Å². The summed E-state index contributed by atoms with van der Waals surface area (Å²) in [7, 11) is 0. The fourth-order valence-electron chi connectivity index (χ4n) is 4.72. The van der Waals surface area contributed by atoms with Gasteiger partial charge in [0.05, 0.1) is 11.1 Å². The van der Waals surface area contributed by atoms with Crippen LogP contribution in [-0.4, -0.2) is 52.7 Å². The quantitative estimate of drug-likeness (QED) is 0.292. The van der Waals surface area contributed by atoms with Crippen LogP contribution in [0.15, 0.2) is 24.4 Å². The summed E-state index contributed by atoms with van der Waals surface area (Å²) in [4.78, 5) is 22.0. The molecule has 3 aromatic heterocycles. The van der Waals surface area contributed by atoms with Crippen molar-refractivity contribution in [2.24, 2.45) is 5.41 Å². The van der Waals surface area contributed by atoms with Gasteiger partial charge in [-0.3, -0.25) is 14.2 Å².